The molecular weight excluding hydrogens is 240 g/mol. The summed E-state index contributed by atoms with van der Waals surface area (Å²) in [6, 6.07) is 9.33. The summed E-state index contributed by atoms with van der Waals surface area (Å²) in [5, 5.41) is 0. The monoisotopic (exact) mass is 252 g/mol. The molecule has 1 aromatic rings. The van der Waals surface area contributed by atoms with Crippen LogP contribution in [0.3, 0.4) is 0 Å². The van der Waals surface area contributed by atoms with E-state index in [-0.39, 0.29) is 0 Å². The van der Waals surface area contributed by atoms with Crippen LogP contribution >= 0.6 is 15.9 Å². The van der Waals surface area contributed by atoms with Gasteiger partial charge in [-0.1, -0.05) is 47.2 Å². The molecule has 2 heteroatoms. The van der Waals surface area contributed by atoms with Crippen LogP contribution in [0.2, 0.25) is 13.1 Å². The van der Waals surface area contributed by atoms with E-state index in [0.717, 1.165) is 6.04 Å². The van der Waals surface area contributed by atoms with Crippen LogP contribution in [-0.2, 0) is 6.04 Å². The highest BCUT2D eigenvalue weighted by Crippen LogP contribution is 2.20. The Morgan fingerprint density at radius 3 is 2.54 bits per heavy atom. The Morgan fingerprint density at radius 2 is 2.00 bits per heavy atom. The van der Waals surface area contributed by atoms with E-state index in [0.29, 0.717) is 0 Å². The topological polar surface area (TPSA) is 0 Å². The molecule has 0 N–H and O–H groups in total. The third kappa shape index (κ3) is 3.02. The lowest BCUT2D eigenvalue weighted by atomic mass is 10.2. The summed E-state index contributed by atoms with van der Waals surface area (Å²) < 4.78 is 1.17. The van der Waals surface area contributed by atoms with Gasteiger partial charge in [-0.2, -0.15) is 0 Å². The van der Waals surface area contributed by atoms with Crippen LogP contribution in [0.1, 0.15) is 5.56 Å². The zero-order valence-corrected chi connectivity index (χ0v) is 10.6. The normalized spacial score (nSPS) is 10.9. The van der Waals surface area contributed by atoms with Gasteiger partial charge in [0.05, 0.1) is 0 Å². The SMILES string of the molecule is C#C[Si](C)(C)Cc1ccccc1Br. The molecule has 13 heavy (non-hydrogen) atoms. The maximum Gasteiger partial charge on any atom is 0.136 e. The van der Waals surface area contributed by atoms with E-state index in [2.05, 4.69) is 52.8 Å². The second kappa shape index (κ2) is 4.12. The van der Waals surface area contributed by atoms with Crippen molar-refractivity contribution in [3.8, 4) is 12.0 Å². The molecule has 0 aliphatic heterocycles. The van der Waals surface area contributed by atoms with Crippen LogP contribution < -0.4 is 0 Å². The van der Waals surface area contributed by atoms with Crippen LogP contribution in [-0.4, -0.2) is 8.07 Å². The Hall–Kier alpha value is -0.523. The Labute approximate surface area is 89.5 Å². The average molecular weight is 253 g/mol. The third-order valence-electron chi connectivity index (χ3n) is 1.98. The third-order valence-corrected chi connectivity index (χ3v) is 4.80. The lowest BCUT2D eigenvalue weighted by Crippen LogP contribution is -2.27. The largest absolute Gasteiger partial charge is 0.136 e. The molecule has 0 heterocycles. The molecule has 0 saturated carbocycles. The number of halogens is 1. The molecule has 0 radical (unpaired) electrons. The van der Waals surface area contributed by atoms with Crippen molar-refractivity contribution in [2.24, 2.45) is 0 Å². The van der Waals surface area contributed by atoms with Crippen LogP contribution in [0.25, 0.3) is 0 Å². The van der Waals surface area contributed by atoms with Crippen molar-refractivity contribution in [2.75, 3.05) is 0 Å². The zero-order chi connectivity index (χ0) is 9.90. The van der Waals surface area contributed by atoms with Crippen molar-refractivity contribution in [2.45, 2.75) is 19.1 Å². The molecule has 1 rings (SSSR count). The summed E-state index contributed by atoms with van der Waals surface area (Å²) in [5.41, 5.74) is 4.27. The quantitative estimate of drug-likeness (QED) is 0.559. The van der Waals surface area contributed by atoms with Gasteiger partial charge in [-0.3, -0.25) is 0 Å². The zero-order valence-electron chi connectivity index (χ0n) is 7.97. The molecule has 0 aliphatic rings. The van der Waals surface area contributed by atoms with Gasteiger partial charge in [0.25, 0.3) is 0 Å². The lowest BCUT2D eigenvalue weighted by Gasteiger charge is -2.15. The molecule has 0 aliphatic carbocycles. The predicted molar refractivity (Wildman–Crippen MR) is 64.2 cm³/mol. The molecule has 0 atom stereocenters. The van der Waals surface area contributed by atoms with Gasteiger partial charge in [0.1, 0.15) is 8.07 Å². The van der Waals surface area contributed by atoms with Gasteiger partial charge in [-0.25, -0.2) is 0 Å². The molecule has 0 aromatic heterocycles. The molecule has 68 valence electrons. The van der Waals surface area contributed by atoms with Gasteiger partial charge in [-0.15, -0.1) is 12.0 Å². The van der Waals surface area contributed by atoms with E-state index in [4.69, 9.17) is 6.42 Å². The first-order chi connectivity index (χ1) is 6.05. The number of hydrogen-bond donors (Lipinski definition) is 0. The maximum absolute atomic E-state index is 5.50. The van der Waals surface area contributed by atoms with Crippen molar-refractivity contribution in [1.82, 2.24) is 0 Å². The Morgan fingerprint density at radius 1 is 1.38 bits per heavy atom. The standard InChI is InChI=1S/C11H13BrSi/c1-4-13(2,3)9-10-7-5-6-8-11(10)12/h1,5-8H,9H2,2-3H3. The summed E-state index contributed by atoms with van der Waals surface area (Å²) in [4.78, 5) is 0. The first kappa shape index (κ1) is 10.6. The molecule has 0 amide bonds. The van der Waals surface area contributed by atoms with E-state index in [1.165, 1.54) is 10.0 Å². The first-order valence-electron chi connectivity index (χ1n) is 4.26. The van der Waals surface area contributed by atoms with Gasteiger partial charge < -0.3 is 0 Å². The maximum atomic E-state index is 5.50. The summed E-state index contributed by atoms with van der Waals surface area (Å²) in [5.74, 6) is 0. The molecule has 0 bridgehead atoms. The minimum absolute atomic E-state index is 1.05. The Balaban J connectivity index is 2.88. The number of hydrogen-bond acceptors (Lipinski definition) is 0. The number of rotatable bonds is 2. The fraction of sp³-hybridized carbons (Fsp3) is 0.273. The Kier molecular flexibility index (Phi) is 3.35. The second-order valence-corrected chi connectivity index (χ2v) is 9.06. The van der Waals surface area contributed by atoms with Gasteiger partial charge >= 0.3 is 0 Å². The summed E-state index contributed by atoms with van der Waals surface area (Å²) in [7, 11) is -1.45. The molecule has 0 spiro atoms. The molecular formula is C11H13BrSi. The van der Waals surface area contributed by atoms with Crippen molar-refractivity contribution < 1.29 is 0 Å². The molecule has 1 aromatic carbocycles. The van der Waals surface area contributed by atoms with Gasteiger partial charge in [0.2, 0.25) is 0 Å². The van der Waals surface area contributed by atoms with E-state index in [1.807, 2.05) is 6.07 Å². The molecule has 0 nitrogen and oxygen atoms in total. The van der Waals surface area contributed by atoms with Crippen molar-refractivity contribution >= 4 is 24.0 Å². The van der Waals surface area contributed by atoms with Crippen molar-refractivity contribution in [3.63, 3.8) is 0 Å². The second-order valence-electron chi connectivity index (χ2n) is 3.80. The summed E-state index contributed by atoms with van der Waals surface area (Å²) in [6.07, 6.45) is 5.50. The molecule has 0 unspecified atom stereocenters. The van der Waals surface area contributed by atoms with Crippen molar-refractivity contribution in [1.29, 1.82) is 0 Å². The number of terminal acetylenes is 1. The highest BCUT2D eigenvalue weighted by molar-refractivity contribution is 9.10. The smallest absolute Gasteiger partial charge is 0.135 e. The van der Waals surface area contributed by atoms with Gasteiger partial charge in [0, 0.05) is 4.47 Å². The van der Waals surface area contributed by atoms with Crippen LogP contribution in [0.5, 0.6) is 0 Å². The highest BCUT2D eigenvalue weighted by Gasteiger charge is 2.18. The van der Waals surface area contributed by atoms with Crippen LogP contribution in [0, 0.1) is 12.0 Å². The summed E-state index contributed by atoms with van der Waals surface area (Å²) >= 11 is 3.53. The predicted octanol–water partition coefficient (Wildman–Crippen LogP) is 3.41. The van der Waals surface area contributed by atoms with Gasteiger partial charge in [0.15, 0.2) is 0 Å². The minimum Gasteiger partial charge on any atom is -0.135 e. The average Bonchev–Trinajstić information content (AvgIpc) is 2.09. The lowest BCUT2D eigenvalue weighted by molar-refractivity contribution is 1.31. The van der Waals surface area contributed by atoms with E-state index < -0.39 is 8.07 Å². The molecule has 0 fully saturated rings. The van der Waals surface area contributed by atoms with Crippen LogP contribution in [0.4, 0.5) is 0 Å². The van der Waals surface area contributed by atoms with Crippen LogP contribution in [0.15, 0.2) is 28.7 Å². The summed E-state index contributed by atoms with van der Waals surface area (Å²) in [6.45, 7) is 4.43. The fourth-order valence-electron chi connectivity index (χ4n) is 1.17. The van der Waals surface area contributed by atoms with Gasteiger partial charge in [-0.05, 0) is 17.7 Å². The number of benzene rings is 1. The van der Waals surface area contributed by atoms with Crippen molar-refractivity contribution in [3.05, 3.63) is 34.3 Å². The van der Waals surface area contributed by atoms with E-state index >= 15 is 0 Å². The Bertz CT molecular complexity index is 336. The molecule has 0 saturated heterocycles. The fourth-order valence-corrected chi connectivity index (χ4v) is 3.22. The minimum atomic E-state index is -1.45. The van der Waals surface area contributed by atoms with E-state index in [1.54, 1.807) is 0 Å². The van der Waals surface area contributed by atoms with E-state index in [9.17, 15) is 0 Å². The highest BCUT2D eigenvalue weighted by atomic mass is 79.9. The first-order valence-corrected chi connectivity index (χ1v) is 8.26.